The molecule has 4 bridgehead atoms. The molecule has 0 spiro atoms. The third-order valence-corrected chi connectivity index (χ3v) is 8.61. The van der Waals surface area contributed by atoms with Crippen molar-refractivity contribution in [2.75, 3.05) is 13.1 Å². The maximum absolute atomic E-state index is 10.8. The second kappa shape index (κ2) is 7.76. The van der Waals surface area contributed by atoms with E-state index in [1.54, 1.807) is 6.92 Å². The molecule has 0 atom stereocenters. The van der Waals surface area contributed by atoms with E-state index in [4.69, 9.17) is 5.73 Å². The van der Waals surface area contributed by atoms with Crippen LogP contribution >= 0.6 is 12.4 Å². The smallest absolute Gasteiger partial charge is 0.216 e. The molecule has 6 aliphatic carbocycles. The molecule has 6 aliphatic rings. The molecule has 6 rings (SSSR count). The number of hydrogen-bond acceptors (Lipinski definition) is 2. The van der Waals surface area contributed by atoms with Gasteiger partial charge >= 0.3 is 0 Å². The average molecular weight is 417 g/mol. The Hall–Kier alpha value is -0.280. The highest BCUT2D eigenvalue weighted by Gasteiger charge is 2.71. The Balaban J connectivity index is 0.000000480. The Bertz CT molecular complexity index is 531. The van der Waals surface area contributed by atoms with Crippen LogP contribution in [-0.4, -0.2) is 19.0 Å². The van der Waals surface area contributed by atoms with Gasteiger partial charge in [-0.15, -0.1) is 12.4 Å². The van der Waals surface area contributed by atoms with Gasteiger partial charge in [-0.25, -0.2) is 0 Å². The molecule has 6 fully saturated rings. The van der Waals surface area contributed by atoms with E-state index < -0.39 is 0 Å². The lowest BCUT2D eigenvalue weighted by Crippen LogP contribution is -2.69. The molecule has 4 heteroatoms. The Labute approximate surface area is 181 Å². The molecule has 0 radical (unpaired) electrons. The monoisotopic (exact) mass is 416 g/mol. The number of hydrogen-bond donors (Lipinski definition) is 2. The maximum Gasteiger partial charge on any atom is 0.216 e. The van der Waals surface area contributed by atoms with Crippen LogP contribution in [0.1, 0.15) is 102 Å². The van der Waals surface area contributed by atoms with Gasteiger partial charge in [-0.05, 0) is 77.6 Å². The quantitative estimate of drug-likeness (QED) is 0.575. The SMILES string of the molecule is C.C.CC(=O)NCC12CC(C(C)(C)C)(C1)C2.CC(C)(C)C12CC(CN)(C1)C2.Cl. The largest absolute Gasteiger partial charge is 0.356 e. The molecule has 1 amide bonds. The van der Waals surface area contributed by atoms with E-state index in [9.17, 15) is 4.79 Å². The summed E-state index contributed by atoms with van der Waals surface area (Å²) in [5.41, 5.74) is 9.05. The van der Waals surface area contributed by atoms with Gasteiger partial charge < -0.3 is 11.1 Å². The van der Waals surface area contributed by atoms with Crippen molar-refractivity contribution in [1.82, 2.24) is 5.32 Å². The molecule has 3 nitrogen and oxygen atoms in total. The molecule has 168 valence electrons. The van der Waals surface area contributed by atoms with Gasteiger partial charge in [0.25, 0.3) is 0 Å². The fourth-order valence-corrected chi connectivity index (χ4v) is 6.30. The first kappa shape index (κ1) is 27.7. The standard InChI is InChI=1S/C12H21NO.C10H19N.2CH4.ClH/c1-9(14)13-8-11-5-12(6-11,7-11)10(2,3)4;1-8(2,3)10-4-9(5-10,6-10)7-11;;;/h5-8H2,1-4H3,(H,13,14);4-7,11H2,1-3H3;2*1H4;1H. The number of nitrogens with two attached hydrogens (primary N) is 1. The summed E-state index contributed by atoms with van der Waals surface area (Å²) in [6.07, 6.45) is 8.18. The molecule has 0 aromatic rings. The van der Waals surface area contributed by atoms with Crippen LogP contribution in [0.3, 0.4) is 0 Å². The van der Waals surface area contributed by atoms with Gasteiger partial charge in [-0.3, -0.25) is 4.79 Å². The van der Waals surface area contributed by atoms with Crippen molar-refractivity contribution in [3.8, 4) is 0 Å². The Morgan fingerprint density at radius 2 is 1.14 bits per heavy atom. The first-order valence-corrected chi connectivity index (χ1v) is 10.2. The minimum absolute atomic E-state index is 0. The topological polar surface area (TPSA) is 55.1 Å². The Kier molecular flexibility index (Phi) is 7.68. The summed E-state index contributed by atoms with van der Waals surface area (Å²) in [7, 11) is 0. The van der Waals surface area contributed by atoms with Crippen molar-refractivity contribution in [3.05, 3.63) is 0 Å². The van der Waals surface area contributed by atoms with E-state index in [-0.39, 0.29) is 33.2 Å². The summed E-state index contributed by atoms with van der Waals surface area (Å²) in [6, 6.07) is 0. The summed E-state index contributed by atoms with van der Waals surface area (Å²) < 4.78 is 0. The summed E-state index contributed by atoms with van der Waals surface area (Å²) in [5, 5.41) is 2.96. The minimum atomic E-state index is 0. The van der Waals surface area contributed by atoms with Crippen molar-refractivity contribution in [2.24, 2.45) is 38.2 Å². The third kappa shape index (κ3) is 4.00. The molecule has 0 aliphatic heterocycles. The van der Waals surface area contributed by atoms with Crippen LogP contribution in [0.2, 0.25) is 0 Å². The number of halogens is 1. The van der Waals surface area contributed by atoms with E-state index in [1.807, 2.05) is 0 Å². The predicted molar refractivity (Wildman–Crippen MR) is 125 cm³/mol. The van der Waals surface area contributed by atoms with Crippen LogP contribution in [-0.2, 0) is 4.79 Å². The van der Waals surface area contributed by atoms with E-state index in [2.05, 4.69) is 46.9 Å². The van der Waals surface area contributed by atoms with Gasteiger partial charge in [0.1, 0.15) is 0 Å². The van der Waals surface area contributed by atoms with E-state index >= 15 is 0 Å². The normalized spacial score (nSPS) is 38.7. The lowest BCUT2D eigenvalue weighted by atomic mass is 9.29. The van der Waals surface area contributed by atoms with Gasteiger partial charge in [-0.2, -0.15) is 0 Å². The van der Waals surface area contributed by atoms with Crippen molar-refractivity contribution in [2.45, 2.75) is 102 Å². The fraction of sp³-hybridized carbons (Fsp3) is 0.958. The van der Waals surface area contributed by atoms with Gasteiger partial charge in [0.05, 0.1) is 0 Å². The van der Waals surface area contributed by atoms with Crippen molar-refractivity contribution in [1.29, 1.82) is 0 Å². The zero-order valence-electron chi connectivity index (χ0n) is 18.1. The average Bonchev–Trinajstić information content (AvgIpc) is 2.18. The van der Waals surface area contributed by atoms with Gasteiger partial charge in [0, 0.05) is 13.5 Å². The van der Waals surface area contributed by atoms with Gasteiger partial charge in [0.2, 0.25) is 5.91 Å². The molecule has 3 N–H and O–H groups in total. The zero-order valence-corrected chi connectivity index (χ0v) is 18.9. The van der Waals surface area contributed by atoms with Crippen molar-refractivity contribution >= 4 is 18.3 Å². The van der Waals surface area contributed by atoms with Crippen molar-refractivity contribution in [3.63, 3.8) is 0 Å². The molecule has 0 aromatic carbocycles. The van der Waals surface area contributed by atoms with Gasteiger partial charge in [0.15, 0.2) is 0 Å². The lowest BCUT2D eigenvalue weighted by Gasteiger charge is -2.76. The highest BCUT2D eigenvalue weighted by molar-refractivity contribution is 5.85. The highest BCUT2D eigenvalue weighted by atomic mass is 35.5. The van der Waals surface area contributed by atoms with Crippen LogP contribution in [0.4, 0.5) is 0 Å². The Morgan fingerprint density at radius 1 is 0.821 bits per heavy atom. The zero-order chi connectivity index (χ0) is 18.9. The summed E-state index contributed by atoms with van der Waals surface area (Å²) in [4.78, 5) is 10.8. The molecule has 28 heavy (non-hydrogen) atoms. The van der Waals surface area contributed by atoms with Crippen LogP contribution in [0.15, 0.2) is 0 Å². The number of carbonyl (C=O) groups excluding carboxylic acids is 1. The number of amides is 1. The lowest BCUT2D eigenvalue weighted by molar-refractivity contribution is -0.255. The summed E-state index contributed by atoms with van der Waals surface area (Å²) in [6.45, 7) is 17.6. The van der Waals surface area contributed by atoms with Crippen LogP contribution in [0.5, 0.6) is 0 Å². The van der Waals surface area contributed by atoms with Crippen LogP contribution in [0.25, 0.3) is 0 Å². The van der Waals surface area contributed by atoms with Gasteiger partial charge in [-0.1, -0.05) is 56.4 Å². The maximum atomic E-state index is 10.8. The second-order valence-corrected chi connectivity index (χ2v) is 12.2. The Morgan fingerprint density at radius 3 is 1.39 bits per heavy atom. The minimum Gasteiger partial charge on any atom is -0.356 e. The first-order valence-electron chi connectivity index (χ1n) is 10.2. The third-order valence-electron chi connectivity index (χ3n) is 8.61. The fourth-order valence-electron chi connectivity index (χ4n) is 6.30. The van der Waals surface area contributed by atoms with E-state index in [0.29, 0.717) is 32.5 Å². The molecule has 0 unspecified atom stereocenters. The first-order chi connectivity index (χ1) is 11.2. The van der Waals surface area contributed by atoms with Crippen LogP contribution in [0, 0.1) is 32.5 Å². The molecular weight excluding hydrogens is 368 g/mol. The predicted octanol–water partition coefficient (Wildman–Crippen LogP) is 6.19. The number of carbonyl (C=O) groups is 1. The molecular formula is C24H49ClN2O. The second-order valence-electron chi connectivity index (χ2n) is 12.2. The molecule has 0 saturated heterocycles. The number of nitrogens with one attached hydrogen (secondary N) is 1. The molecule has 0 aromatic heterocycles. The summed E-state index contributed by atoms with van der Waals surface area (Å²) in [5.74, 6) is 0.111. The van der Waals surface area contributed by atoms with Crippen molar-refractivity contribution < 1.29 is 4.79 Å². The summed E-state index contributed by atoms with van der Waals surface area (Å²) >= 11 is 0. The molecule has 0 heterocycles. The highest BCUT2D eigenvalue weighted by Crippen LogP contribution is 2.79. The number of rotatable bonds is 3. The van der Waals surface area contributed by atoms with E-state index in [1.165, 1.54) is 38.5 Å². The van der Waals surface area contributed by atoms with Crippen LogP contribution < -0.4 is 11.1 Å². The molecule has 6 saturated carbocycles. The van der Waals surface area contributed by atoms with E-state index in [0.717, 1.165) is 13.1 Å².